The minimum absolute atomic E-state index is 0.428. The van der Waals surface area contributed by atoms with Crippen LogP contribution >= 0.6 is 0 Å². The minimum atomic E-state index is 0.428. The number of rotatable bonds is 14. The zero-order valence-electron chi connectivity index (χ0n) is 17.5. The molecule has 1 nitrogen and oxygen atoms in total. The van der Waals surface area contributed by atoms with Gasteiger partial charge in [-0.05, 0) is 36.8 Å². The molecule has 1 heteroatoms. The van der Waals surface area contributed by atoms with E-state index in [9.17, 15) is 0 Å². The molecular formula is C25H42O. The summed E-state index contributed by atoms with van der Waals surface area (Å²) in [6.07, 6.45) is 21.4. The Balaban J connectivity index is 1.42. The molecule has 0 aromatic heterocycles. The van der Waals surface area contributed by atoms with Crippen LogP contribution < -0.4 is 4.74 Å². The Kier molecular flexibility index (Phi) is 10.8. The van der Waals surface area contributed by atoms with Crippen LogP contribution in [0.1, 0.15) is 109 Å². The largest absolute Gasteiger partial charge is 0.490 e. The molecule has 1 aromatic rings. The molecule has 0 amide bonds. The average Bonchev–Trinajstić information content (AvgIpc) is 2.65. The van der Waals surface area contributed by atoms with Gasteiger partial charge in [-0.25, -0.2) is 0 Å². The quantitative estimate of drug-likeness (QED) is 0.305. The van der Waals surface area contributed by atoms with Crippen molar-refractivity contribution in [3.05, 3.63) is 29.8 Å². The van der Waals surface area contributed by atoms with Gasteiger partial charge in [-0.3, -0.25) is 0 Å². The molecule has 2 atom stereocenters. The lowest BCUT2D eigenvalue weighted by molar-refractivity contribution is 0.111. The van der Waals surface area contributed by atoms with E-state index in [1.807, 2.05) is 0 Å². The Morgan fingerprint density at radius 2 is 1.31 bits per heavy atom. The first-order valence-electron chi connectivity index (χ1n) is 11.6. The van der Waals surface area contributed by atoms with Crippen LogP contribution in [0.3, 0.4) is 0 Å². The molecule has 1 heterocycles. The topological polar surface area (TPSA) is 9.23 Å². The second kappa shape index (κ2) is 13.2. The van der Waals surface area contributed by atoms with Gasteiger partial charge in [-0.15, -0.1) is 0 Å². The highest BCUT2D eigenvalue weighted by Crippen LogP contribution is 2.32. The highest BCUT2D eigenvalue weighted by atomic mass is 16.5. The summed E-state index contributed by atoms with van der Waals surface area (Å²) in [5, 5.41) is 0. The van der Waals surface area contributed by atoms with E-state index in [-0.39, 0.29) is 0 Å². The maximum Gasteiger partial charge on any atom is 0.122 e. The van der Waals surface area contributed by atoms with Gasteiger partial charge in [0.05, 0.1) is 0 Å². The maximum absolute atomic E-state index is 6.25. The summed E-state index contributed by atoms with van der Waals surface area (Å²) in [6.45, 7) is 4.64. The molecule has 26 heavy (non-hydrogen) atoms. The second-order valence-electron chi connectivity index (χ2n) is 8.48. The lowest BCUT2D eigenvalue weighted by atomic mass is 9.89. The molecule has 0 aliphatic carbocycles. The number of benzene rings is 1. The first-order chi connectivity index (χ1) is 12.8. The van der Waals surface area contributed by atoms with Gasteiger partial charge < -0.3 is 4.74 Å². The van der Waals surface area contributed by atoms with Gasteiger partial charge in [0.1, 0.15) is 11.9 Å². The van der Waals surface area contributed by atoms with Gasteiger partial charge in [0.15, 0.2) is 0 Å². The zero-order chi connectivity index (χ0) is 18.5. The van der Waals surface area contributed by atoms with E-state index in [2.05, 4.69) is 38.1 Å². The van der Waals surface area contributed by atoms with Crippen LogP contribution in [0, 0.1) is 5.92 Å². The predicted octanol–water partition coefficient (Wildman–Crippen LogP) is 8.11. The standard InChI is InChI=1S/C25H42O/c1-3-4-5-6-7-8-9-10-11-12-13-14-15-19-24-22(2)21-23-18-16-17-20-25(23)26-24/h16-18,20,22,24H,3-15,19,21H2,1-2H3. The smallest absolute Gasteiger partial charge is 0.122 e. The summed E-state index contributed by atoms with van der Waals surface area (Å²) < 4.78 is 6.25. The lowest BCUT2D eigenvalue weighted by Gasteiger charge is -2.31. The van der Waals surface area contributed by atoms with Crippen LogP contribution in [0.5, 0.6) is 5.75 Å². The van der Waals surface area contributed by atoms with Crippen molar-refractivity contribution >= 4 is 0 Å². The monoisotopic (exact) mass is 358 g/mol. The normalized spacial score (nSPS) is 19.2. The van der Waals surface area contributed by atoms with Gasteiger partial charge in [0.2, 0.25) is 0 Å². The Bertz CT molecular complexity index is 467. The van der Waals surface area contributed by atoms with Crippen molar-refractivity contribution in [3.63, 3.8) is 0 Å². The fraction of sp³-hybridized carbons (Fsp3) is 0.760. The number of hydrogen-bond acceptors (Lipinski definition) is 1. The first kappa shape index (κ1) is 21.3. The van der Waals surface area contributed by atoms with Crippen molar-refractivity contribution in [2.75, 3.05) is 0 Å². The van der Waals surface area contributed by atoms with E-state index in [1.54, 1.807) is 0 Å². The van der Waals surface area contributed by atoms with E-state index in [1.165, 1.54) is 102 Å². The Hall–Kier alpha value is -0.980. The van der Waals surface area contributed by atoms with Crippen LogP contribution in [-0.2, 0) is 6.42 Å². The van der Waals surface area contributed by atoms with Crippen LogP contribution in [0.4, 0.5) is 0 Å². The summed E-state index contributed by atoms with van der Waals surface area (Å²) >= 11 is 0. The number of unbranched alkanes of at least 4 members (excludes halogenated alkanes) is 12. The summed E-state index contributed by atoms with van der Waals surface area (Å²) in [5.74, 6) is 1.78. The highest BCUT2D eigenvalue weighted by Gasteiger charge is 2.25. The van der Waals surface area contributed by atoms with Crippen LogP contribution in [0.15, 0.2) is 24.3 Å². The molecule has 148 valence electrons. The van der Waals surface area contributed by atoms with E-state index in [4.69, 9.17) is 4.74 Å². The zero-order valence-corrected chi connectivity index (χ0v) is 17.5. The molecule has 0 radical (unpaired) electrons. The van der Waals surface area contributed by atoms with E-state index < -0.39 is 0 Å². The minimum Gasteiger partial charge on any atom is -0.490 e. The van der Waals surface area contributed by atoms with Gasteiger partial charge in [-0.1, -0.05) is 109 Å². The van der Waals surface area contributed by atoms with Crippen molar-refractivity contribution in [2.45, 2.75) is 116 Å². The molecule has 1 aliphatic rings. The Morgan fingerprint density at radius 1 is 0.769 bits per heavy atom. The second-order valence-corrected chi connectivity index (χ2v) is 8.48. The molecular weight excluding hydrogens is 316 g/mol. The number of ether oxygens (including phenoxy) is 1. The van der Waals surface area contributed by atoms with Gasteiger partial charge in [-0.2, -0.15) is 0 Å². The van der Waals surface area contributed by atoms with Gasteiger partial charge >= 0.3 is 0 Å². The Labute approximate surface area is 162 Å². The summed E-state index contributed by atoms with van der Waals surface area (Å²) in [4.78, 5) is 0. The molecule has 0 saturated heterocycles. The molecule has 0 spiro atoms. The van der Waals surface area contributed by atoms with Crippen molar-refractivity contribution in [3.8, 4) is 5.75 Å². The lowest BCUT2D eigenvalue weighted by Crippen LogP contribution is -2.30. The van der Waals surface area contributed by atoms with E-state index in [0.29, 0.717) is 12.0 Å². The summed E-state index contributed by atoms with van der Waals surface area (Å²) in [6, 6.07) is 8.57. The molecule has 1 aliphatic heterocycles. The van der Waals surface area contributed by atoms with Crippen LogP contribution in [0.25, 0.3) is 0 Å². The average molecular weight is 359 g/mol. The van der Waals surface area contributed by atoms with E-state index >= 15 is 0 Å². The molecule has 2 unspecified atom stereocenters. The summed E-state index contributed by atoms with van der Waals surface area (Å²) in [5.41, 5.74) is 1.39. The third kappa shape index (κ3) is 8.14. The molecule has 2 rings (SSSR count). The first-order valence-corrected chi connectivity index (χ1v) is 11.6. The molecule has 0 fully saturated rings. The van der Waals surface area contributed by atoms with E-state index in [0.717, 1.165) is 5.75 Å². The third-order valence-corrected chi connectivity index (χ3v) is 6.02. The third-order valence-electron chi connectivity index (χ3n) is 6.02. The fourth-order valence-corrected chi connectivity index (χ4v) is 4.25. The molecule has 0 saturated carbocycles. The maximum atomic E-state index is 6.25. The SMILES string of the molecule is CCCCCCCCCCCCCCCC1Oc2ccccc2CC1C. The molecule has 0 bridgehead atoms. The highest BCUT2D eigenvalue weighted by molar-refractivity contribution is 5.35. The number of fused-ring (bicyclic) bond motifs is 1. The van der Waals surface area contributed by atoms with Gasteiger partial charge in [0, 0.05) is 0 Å². The summed E-state index contributed by atoms with van der Waals surface area (Å²) in [7, 11) is 0. The van der Waals surface area contributed by atoms with Crippen molar-refractivity contribution in [1.82, 2.24) is 0 Å². The van der Waals surface area contributed by atoms with Crippen molar-refractivity contribution < 1.29 is 4.74 Å². The number of hydrogen-bond donors (Lipinski definition) is 0. The van der Waals surface area contributed by atoms with Gasteiger partial charge in [0.25, 0.3) is 0 Å². The molecule has 1 aromatic carbocycles. The van der Waals surface area contributed by atoms with Crippen LogP contribution in [-0.4, -0.2) is 6.10 Å². The molecule has 0 N–H and O–H groups in total. The van der Waals surface area contributed by atoms with Crippen molar-refractivity contribution in [2.24, 2.45) is 5.92 Å². The van der Waals surface area contributed by atoms with Crippen LogP contribution in [0.2, 0.25) is 0 Å². The van der Waals surface area contributed by atoms with Crippen molar-refractivity contribution in [1.29, 1.82) is 0 Å². The fourth-order valence-electron chi connectivity index (χ4n) is 4.25. The number of para-hydroxylation sites is 1. The Morgan fingerprint density at radius 3 is 1.92 bits per heavy atom. The predicted molar refractivity (Wildman–Crippen MR) is 114 cm³/mol.